The molecule has 0 aliphatic heterocycles. The number of hydrogen-bond donors (Lipinski definition) is 1. The Morgan fingerprint density at radius 2 is 1.85 bits per heavy atom. The molecule has 0 bridgehead atoms. The summed E-state index contributed by atoms with van der Waals surface area (Å²) in [6, 6.07) is 6.26. The van der Waals surface area contributed by atoms with Crippen LogP contribution in [0.25, 0.3) is 10.8 Å². The maximum absolute atomic E-state index is 12.5. The molecule has 0 fully saturated rings. The normalized spacial score (nSPS) is 12.2. The average molecular weight is 361 g/mol. The van der Waals surface area contributed by atoms with Gasteiger partial charge in [-0.3, -0.25) is 9.59 Å². The van der Waals surface area contributed by atoms with Crippen molar-refractivity contribution in [3.63, 3.8) is 0 Å². The number of fused-ring (bicyclic) bond motifs is 1. The number of benzene rings is 1. The summed E-state index contributed by atoms with van der Waals surface area (Å²) in [7, 11) is 1.53. The quantitative estimate of drug-likeness (QED) is 0.746. The number of methoxy groups -OCH3 is 1. The Morgan fingerprint density at radius 1 is 1.19 bits per heavy atom. The molecule has 0 saturated heterocycles. The van der Waals surface area contributed by atoms with Crippen LogP contribution in [0.15, 0.2) is 29.1 Å². The fourth-order valence-electron chi connectivity index (χ4n) is 2.51. The maximum atomic E-state index is 12.5. The summed E-state index contributed by atoms with van der Waals surface area (Å²) in [5.41, 5.74) is -0.273. The van der Waals surface area contributed by atoms with Crippen LogP contribution in [-0.2, 0) is 14.3 Å². The van der Waals surface area contributed by atoms with Crippen LogP contribution in [0.2, 0.25) is 0 Å². The summed E-state index contributed by atoms with van der Waals surface area (Å²) in [6.45, 7) is 5.28. The molecule has 8 heteroatoms. The van der Waals surface area contributed by atoms with Crippen LogP contribution in [0.1, 0.15) is 37.3 Å². The number of carbonyl (C=O) groups excluding carboxylic acids is 2. The van der Waals surface area contributed by atoms with Gasteiger partial charge in [-0.05, 0) is 26.8 Å². The third kappa shape index (κ3) is 4.45. The van der Waals surface area contributed by atoms with Crippen molar-refractivity contribution in [3.05, 3.63) is 40.3 Å². The van der Waals surface area contributed by atoms with E-state index < -0.39 is 18.5 Å². The molecule has 1 amide bonds. The Morgan fingerprint density at radius 3 is 2.46 bits per heavy atom. The Bertz CT molecular complexity index is 860. The zero-order valence-corrected chi connectivity index (χ0v) is 15.3. The van der Waals surface area contributed by atoms with E-state index in [2.05, 4.69) is 10.4 Å². The van der Waals surface area contributed by atoms with Crippen molar-refractivity contribution in [2.45, 2.75) is 32.9 Å². The predicted octanol–water partition coefficient (Wildman–Crippen LogP) is 1.29. The summed E-state index contributed by atoms with van der Waals surface area (Å²) >= 11 is 0. The van der Waals surface area contributed by atoms with E-state index in [1.807, 2.05) is 0 Å². The first-order valence-electron chi connectivity index (χ1n) is 8.32. The lowest BCUT2D eigenvalue weighted by molar-refractivity contribution is -0.125. The fourth-order valence-corrected chi connectivity index (χ4v) is 2.51. The summed E-state index contributed by atoms with van der Waals surface area (Å²) in [5.74, 6) is -1.20. The van der Waals surface area contributed by atoms with Gasteiger partial charge in [0.2, 0.25) is 0 Å². The van der Waals surface area contributed by atoms with E-state index in [0.717, 1.165) is 0 Å². The second kappa shape index (κ2) is 8.57. The molecule has 1 aromatic heterocycles. The minimum atomic E-state index is -0.759. The van der Waals surface area contributed by atoms with Gasteiger partial charge in [-0.25, -0.2) is 9.48 Å². The molecule has 0 aliphatic carbocycles. The van der Waals surface area contributed by atoms with Crippen LogP contribution in [-0.4, -0.2) is 48.0 Å². The third-order valence-electron chi connectivity index (χ3n) is 3.67. The zero-order chi connectivity index (χ0) is 19.3. The van der Waals surface area contributed by atoms with E-state index in [0.29, 0.717) is 17.4 Å². The molecular weight excluding hydrogens is 338 g/mol. The lowest BCUT2D eigenvalue weighted by Gasteiger charge is -2.14. The number of nitrogens with one attached hydrogen (secondary N) is 1. The second-order valence-electron chi connectivity index (χ2n) is 6.24. The summed E-state index contributed by atoms with van der Waals surface area (Å²) in [4.78, 5) is 36.8. The highest BCUT2D eigenvalue weighted by molar-refractivity contribution is 6.02. The summed E-state index contributed by atoms with van der Waals surface area (Å²) in [5, 5.41) is 7.56. The van der Waals surface area contributed by atoms with E-state index in [1.165, 1.54) is 11.8 Å². The van der Waals surface area contributed by atoms with Crippen molar-refractivity contribution in [1.29, 1.82) is 0 Å². The van der Waals surface area contributed by atoms with Gasteiger partial charge < -0.3 is 14.8 Å². The lowest BCUT2D eigenvalue weighted by Crippen LogP contribution is -2.38. The van der Waals surface area contributed by atoms with Crippen molar-refractivity contribution in [3.8, 4) is 0 Å². The molecule has 1 atom stereocenters. The number of aromatic nitrogens is 2. The molecule has 8 nitrogen and oxygen atoms in total. The van der Waals surface area contributed by atoms with E-state index in [9.17, 15) is 14.4 Å². The highest BCUT2D eigenvalue weighted by Crippen LogP contribution is 2.15. The highest BCUT2D eigenvalue weighted by Gasteiger charge is 2.20. The molecule has 2 aromatic rings. The standard InChI is InChI=1S/C18H23N3O5/c1-11(2)21-17(23)14-8-6-5-7-13(14)16(20-21)18(24)26-10-15(22)19-12(3)9-25-4/h5-8,11-12H,9-10H2,1-4H3,(H,19,22). The van der Waals surface area contributed by atoms with Crippen LogP contribution in [0.5, 0.6) is 0 Å². The Balaban J connectivity index is 2.23. The molecular formula is C18H23N3O5. The minimum Gasteiger partial charge on any atom is -0.451 e. The van der Waals surface area contributed by atoms with Crippen LogP contribution in [0.3, 0.4) is 0 Å². The van der Waals surface area contributed by atoms with Gasteiger partial charge in [0.1, 0.15) is 0 Å². The number of ether oxygens (including phenoxy) is 2. The molecule has 140 valence electrons. The molecule has 1 aromatic carbocycles. The van der Waals surface area contributed by atoms with Crippen molar-refractivity contribution < 1.29 is 19.1 Å². The SMILES string of the molecule is COCC(C)NC(=O)COC(=O)c1nn(C(C)C)c(=O)c2ccccc12. The minimum absolute atomic E-state index is 0.00615. The van der Waals surface area contributed by atoms with Gasteiger partial charge in [-0.15, -0.1) is 0 Å². The summed E-state index contributed by atoms with van der Waals surface area (Å²) in [6.07, 6.45) is 0. The van der Waals surface area contributed by atoms with Crippen LogP contribution >= 0.6 is 0 Å². The van der Waals surface area contributed by atoms with Gasteiger partial charge in [0, 0.05) is 18.5 Å². The third-order valence-corrected chi connectivity index (χ3v) is 3.67. The molecule has 1 heterocycles. The first-order chi connectivity index (χ1) is 12.3. The maximum Gasteiger partial charge on any atom is 0.359 e. The second-order valence-corrected chi connectivity index (χ2v) is 6.24. The Kier molecular flexibility index (Phi) is 6.46. The van der Waals surface area contributed by atoms with Gasteiger partial charge in [0.25, 0.3) is 11.5 Å². The first-order valence-corrected chi connectivity index (χ1v) is 8.32. The van der Waals surface area contributed by atoms with E-state index in [-0.39, 0.29) is 23.3 Å². The van der Waals surface area contributed by atoms with Crippen LogP contribution in [0, 0.1) is 0 Å². The summed E-state index contributed by atoms with van der Waals surface area (Å²) < 4.78 is 11.2. The van der Waals surface area contributed by atoms with E-state index >= 15 is 0 Å². The van der Waals surface area contributed by atoms with E-state index in [1.54, 1.807) is 45.0 Å². The van der Waals surface area contributed by atoms with Gasteiger partial charge >= 0.3 is 5.97 Å². The molecule has 1 N–H and O–H groups in total. The highest BCUT2D eigenvalue weighted by atomic mass is 16.5. The Labute approximate surface area is 151 Å². The molecule has 0 radical (unpaired) electrons. The number of amides is 1. The molecule has 0 spiro atoms. The number of rotatable bonds is 7. The van der Waals surface area contributed by atoms with Crippen molar-refractivity contribution in [2.75, 3.05) is 20.3 Å². The molecule has 1 unspecified atom stereocenters. The largest absolute Gasteiger partial charge is 0.451 e. The predicted molar refractivity (Wildman–Crippen MR) is 96.2 cm³/mol. The van der Waals surface area contributed by atoms with Crippen molar-refractivity contribution in [2.24, 2.45) is 0 Å². The molecule has 0 aliphatic rings. The van der Waals surface area contributed by atoms with Crippen molar-refractivity contribution >= 4 is 22.6 Å². The molecule has 0 saturated carbocycles. The van der Waals surface area contributed by atoms with E-state index in [4.69, 9.17) is 9.47 Å². The van der Waals surface area contributed by atoms with Crippen LogP contribution < -0.4 is 10.9 Å². The van der Waals surface area contributed by atoms with Gasteiger partial charge in [-0.1, -0.05) is 18.2 Å². The molecule has 2 rings (SSSR count). The topological polar surface area (TPSA) is 99.5 Å². The fraction of sp³-hybridized carbons (Fsp3) is 0.444. The number of hydrogen-bond acceptors (Lipinski definition) is 6. The zero-order valence-electron chi connectivity index (χ0n) is 15.3. The number of carbonyl (C=O) groups is 2. The van der Waals surface area contributed by atoms with Gasteiger partial charge in [-0.2, -0.15) is 5.10 Å². The number of esters is 1. The van der Waals surface area contributed by atoms with Gasteiger partial charge in [0.15, 0.2) is 12.3 Å². The first kappa shape index (κ1) is 19.6. The Hall–Kier alpha value is -2.74. The molecule has 26 heavy (non-hydrogen) atoms. The smallest absolute Gasteiger partial charge is 0.359 e. The van der Waals surface area contributed by atoms with Gasteiger partial charge in [0.05, 0.1) is 18.0 Å². The van der Waals surface area contributed by atoms with Crippen LogP contribution in [0.4, 0.5) is 0 Å². The monoisotopic (exact) mass is 361 g/mol. The van der Waals surface area contributed by atoms with Crippen molar-refractivity contribution in [1.82, 2.24) is 15.1 Å². The number of nitrogens with zero attached hydrogens (tertiary/aromatic N) is 2. The lowest BCUT2D eigenvalue weighted by atomic mass is 10.1. The average Bonchev–Trinajstić information content (AvgIpc) is 2.60.